The Hall–Kier alpha value is -3.74. The van der Waals surface area contributed by atoms with Gasteiger partial charge in [0.15, 0.2) is 0 Å². The number of benzene rings is 2. The molecule has 1 aliphatic carbocycles. The van der Waals surface area contributed by atoms with Crippen LogP contribution >= 0.6 is 0 Å². The highest BCUT2D eigenvalue weighted by Crippen LogP contribution is 2.32. The number of rotatable bonds is 5. The molecule has 1 unspecified atom stereocenters. The molecule has 0 bridgehead atoms. The maximum absolute atomic E-state index is 12.8. The maximum Gasteiger partial charge on any atom is 0.270 e. The van der Waals surface area contributed by atoms with Crippen LogP contribution in [0.3, 0.4) is 0 Å². The van der Waals surface area contributed by atoms with Crippen molar-refractivity contribution in [3.63, 3.8) is 0 Å². The first-order chi connectivity index (χ1) is 16.1. The van der Waals surface area contributed by atoms with Gasteiger partial charge in [-0.05, 0) is 53.5 Å². The molecule has 1 heterocycles. The molecule has 2 amide bonds. The van der Waals surface area contributed by atoms with Gasteiger partial charge >= 0.3 is 0 Å². The third-order valence-electron chi connectivity index (χ3n) is 6.14. The standard InChI is InChI=1S/C27H30N4O3/c1-16-5-8-19-18(11-16)7-10-21(19)31-26(34)23-13-22(29-15-30-23)25(33)28-14-17-6-9-20(24(32)12-17)27(2,3)4/h5-6,8-9,11-13,15,21,32H,7,10,14H2,1-4H3,(H,28,33)(H,31,34). The number of aromatic hydroxyl groups is 1. The van der Waals surface area contributed by atoms with E-state index in [1.165, 1.54) is 23.5 Å². The normalized spacial score (nSPS) is 15.0. The number of phenols is 1. The maximum atomic E-state index is 12.8. The minimum atomic E-state index is -0.419. The fraction of sp³-hybridized carbons (Fsp3) is 0.333. The second kappa shape index (κ2) is 9.25. The van der Waals surface area contributed by atoms with Crippen LogP contribution in [0, 0.1) is 6.92 Å². The number of fused-ring (bicyclic) bond motifs is 1. The molecule has 7 heteroatoms. The first-order valence-corrected chi connectivity index (χ1v) is 11.4. The highest BCUT2D eigenvalue weighted by molar-refractivity contribution is 5.97. The molecule has 1 aromatic heterocycles. The summed E-state index contributed by atoms with van der Waals surface area (Å²) < 4.78 is 0. The summed E-state index contributed by atoms with van der Waals surface area (Å²) in [6.45, 7) is 8.36. The number of aryl methyl sites for hydroxylation is 2. The average Bonchev–Trinajstić information content (AvgIpc) is 3.18. The molecule has 3 N–H and O–H groups in total. The Bertz CT molecular complexity index is 1250. The zero-order chi connectivity index (χ0) is 24.5. The third-order valence-corrected chi connectivity index (χ3v) is 6.14. The summed E-state index contributed by atoms with van der Waals surface area (Å²) in [5.41, 5.74) is 5.28. The molecule has 176 valence electrons. The van der Waals surface area contributed by atoms with E-state index in [4.69, 9.17) is 0 Å². The van der Waals surface area contributed by atoms with Crippen molar-refractivity contribution in [3.8, 4) is 5.75 Å². The third kappa shape index (κ3) is 5.09. The molecule has 0 saturated carbocycles. The van der Waals surface area contributed by atoms with Gasteiger partial charge in [-0.2, -0.15) is 0 Å². The van der Waals surface area contributed by atoms with Crippen LogP contribution in [0.5, 0.6) is 5.75 Å². The highest BCUT2D eigenvalue weighted by Gasteiger charge is 2.25. The Balaban J connectivity index is 1.40. The van der Waals surface area contributed by atoms with Gasteiger partial charge in [-0.1, -0.05) is 56.7 Å². The number of aromatic nitrogens is 2. The molecule has 3 aromatic rings. The number of hydrogen-bond donors (Lipinski definition) is 3. The lowest BCUT2D eigenvalue weighted by molar-refractivity contribution is 0.0931. The summed E-state index contributed by atoms with van der Waals surface area (Å²) in [4.78, 5) is 33.6. The number of nitrogens with zero attached hydrogens (tertiary/aromatic N) is 2. The predicted octanol–water partition coefficient (Wildman–Crippen LogP) is 4.14. The van der Waals surface area contributed by atoms with E-state index in [0.717, 1.165) is 29.5 Å². The van der Waals surface area contributed by atoms with Crippen LogP contribution in [-0.4, -0.2) is 26.9 Å². The zero-order valence-electron chi connectivity index (χ0n) is 20.0. The van der Waals surface area contributed by atoms with E-state index in [0.29, 0.717) is 0 Å². The Morgan fingerprint density at radius 3 is 2.47 bits per heavy atom. The van der Waals surface area contributed by atoms with E-state index in [2.05, 4.69) is 39.7 Å². The number of carbonyl (C=O) groups is 2. The van der Waals surface area contributed by atoms with Crippen molar-refractivity contribution in [3.05, 3.63) is 88.0 Å². The SMILES string of the molecule is Cc1ccc2c(c1)CCC2NC(=O)c1cc(C(=O)NCc2ccc(C(C)(C)C)c(O)c2)ncn1. The molecule has 2 aromatic carbocycles. The second-order valence-electron chi connectivity index (χ2n) is 9.84. The summed E-state index contributed by atoms with van der Waals surface area (Å²) in [7, 11) is 0. The van der Waals surface area contributed by atoms with Gasteiger partial charge in [-0.3, -0.25) is 9.59 Å². The molecule has 0 radical (unpaired) electrons. The van der Waals surface area contributed by atoms with Gasteiger partial charge in [0.25, 0.3) is 11.8 Å². The van der Waals surface area contributed by atoms with Crippen LogP contribution in [0.2, 0.25) is 0 Å². The number of amides is 2. The van der Waals surface area contributed by atoms with Crippen LogP contribution in [0.25, 0.3) is 0 Å². The lowest BCUT2D eigenvalue weighted by Gasteiger charge is -2.20. The smallest absolute Gasteiger partial charge is 0.270 e. The van der Waals surface area contributed by atoms with Crippen LogP contribution in [0.4, 0.5) is 0 Å². The van der Waals surface area contributed by atoms with E-state index < -0.39 is 5.91 Å². The average molecular weight is 459 g/mol. The monoisotopic (exact) mass is 458 g/mol. The molecule has 7 nitrogen and oxygen atoms in total. The molecule has 0 fully saturated rings. The lowest BCUT2D eigenvalue weighted by Crippen LogP contribution is -2.29. The molecule has 0 saturated heterocycles. The van der Waals surface area contributed by atoms with Gasteiger partial charge in [0.2, 0.25) is 0 Å². The summed E-state index contributed by atoms with van der Waals surface area (Å²) in [5.74, 6) is -0.556. The van der Waals surface area contributed by atoms with Gasteiger partial charge < -0.3 is 15.7 Å². The molecular formula is C27H30N4O3. The van der Waals surface area contributed by atoms with Gasteiger partial charge in [0, 0.05) is 12.6 Å². The predicted molar refractivity (Wildman–Crippen MR) is 130 cm³/mol. The summed E-state index contributed by atoms with van der Waals surface area (Å²) in [6.07, 6.45) is 2.98. The summed E-state index contributed by atoms with van der Waals surface area (Å²) in [6, 6.07) is 13.0. The molecule has 34 heavy (non-hydrogen) atoms. The van der Waals surface area contributed by atoms with Crippen molar-refractivity contribution >= 4 is 11.8 Å². The molecule has 4 rings (SSSR count). The van der Waals surface area contributed by atoms with E-state index in [9.17, 15) is 14.7 Å². The van der Waals surface area contributed by atoms with Crippen molar-refractivity contribution in [2.45, 2.75) is 58.5 Å². The fourth-order valence-corrected chi connectivity index (χ4v) is 4.33. The molecule has 0 spiro atoms. The van der Waals surface area contributed by atoms with Crippen molar-refractivity contribution in [2.75, 3.05) is 0 Å². The highest BCUT2D eigenvalue weighted by atomic mass is 16.3. The van der Waals surface area contributed by atoms with Crippen molar-refractivity contribution in [1.29, 1.82) is 0 Å². The number of carbonyl (C=O) groups excluding carboxylic acids is 2. The zero-order valence-corrected chi connectivity index (χ0v) is 20.0. The van der Waals surface area contributed by atoms with E-state index in [1.54, 1.807) is 6.07 Å². The number of nitrogens with one attached hydrogen (secondary N) is 2. The van der Waals surface area contributed by atoms with Crippen LogP contribution in [0.15, 0.2) is 48.8 Å². The Labute approximate surface area is 199 Å². The molecule has 0 aliphatic heterocycles. The lowest BCUT2D eigenvalue weighted by atomic mass is 9.86. The largest absolute Gasteiger partial charge is 0.508 e. The van der Waals surface area contributed by atoms with E-state index in [1.807, 2.05) is 39.0 Å². The van der Waals surface area contributed by atoms with Crippen LogP contribution < -0.4 is 10.6 Å². The Kier molecular flexibility index (Phi) is 6.37. The second-order valence-corrected chi connectivity index (χ2v) is 9.84. The summed E-state index contributed by atoms with van der Waals surface area (Å²) >= 11 is 0. The topological polar surface area (TPSA) is 104 Å². The van der Waals surface area contributed by atoms with Crippen LogP contribution in [-0.2, 0) is 18.4 Å². The fourth-order valence-electron chi connectivity index (χ4n) is 4.33. The number of phenolic OH excluding ortho intramolecular Hbond substituents is 1. The van der Waals surface area contributed by atoms with Crippen molar-refractivity contribution < 1.29 is 14.7 Å². The first kappa shape index (κ1) is 23.4. The number of hydrogen-bond acceptors (Lipinski definition) is 5. The molecule has 1 aliphatic rings. The van der Waals surface area contributed by atoms with E-state index >= 15 is 0 Å². The Morgan fingerprint density at radius 1 is 1.03 bits per heavy atom. The van der Waals surface area contributed by atoms with Crippen molar-refractivity contribution in [1.82, 2.24) is 20.6 Å². The van der Waals surface area contributed by atoms with Gasteiger partial charge in [-0.25, -0.2) is 9.97 Å². The Morgan fingerprint density at radius 2 is 1.76 bits per heavy atom. The van der Waals surface area contributed by atoms with Crippen molar-refractivity contribution in [2.24, 2.45) is 0 Å². The molecule has 1 atom stereocenters. The van der Waals surface area contributed by atoms with Gasteiger partial charge in [0.05, 0.1) is 6.04 Å². The molecular weight excluding hydrogens is 428 g/mol. The van der Waals surface area contributed by atoms with Gasteiger partial charge in [-0.15, -0.1) is 0 Å². The quantitative estimate of drug-likeness (QED) is 0.533. The summed E-state index contributed by atoms with van der Waals surface area (Å²) in [5, 5.41) is 16.1. The minimum Gasteiger partial charge on any atom is -0.508 e. The minimum absolute atomic E-state index is 0.0703. The van der Waals surface area contributed by atoms with Crippen LogP contribution in [0.1, 0.15) is 82.0 Å². The van der Waals surface area contributed by atoms with Gasteiger partial charge in [0.1, 0.15) is 23.5 Å². The first-order valence-electron chi connectivity index (χ1n) is 11.4. The van der Waals surface area contributed by atoms with E-state index in [-0.39, 0.29) is 41.0 Å².